The van der Waals surface area contributed by atoms with Crippen LogP contribution in [0.15, 0.2) is 94.4 Å². The zero-order valence-electron chi connectivity index (χ0n) is 22.7. The van der Waals surface area contributed by atoms with Gasteiger partial charge in [0.2, 0.25) is 0 Å². The lowest BCUT2D eigenvalue weighted by Gasteiger charge is -2.28. The molecule has 4 N–H and O–H groups in total. The van der Waals surface area contributed by atoms with Gasteiger partial charge < -0.3 is 30.9 Å². The first-order valence-corrected chi connectivity index (χ1v) is 13.1. The molecule has 0 saturated carbocycles. The van der Waals surface area contributed by atoms with Crippen LogP contribution in [0.4, 0.5) is 10.5 Å². The molecule has 1 aliphatic carbocycles. The summed E-state index contributed by atoms with van der Waals surface area (Å²) < 4.78 is 5.79. The van der Waals surface area contributed by atoms with E-state index >= 15 is 0 Å². The molecule has 204 valence electrons. The molecule has 1 atom stereocenters. The Hall–Kier alpha value is -4.53. The molecular weight excluding hydrogens is 492 g/mol. The summed E-state index contributed by atoms with van der Waals surface area (Å²) in [5.41, 5.74) is 9.54. The van der Waals surface area contributed by atoms with E-state index in [9.17, 15) is 9.59 Å². The molecule has 2 aromatic rings. The van der Waals surface area contributed by atoms with Gasteiger partial charge in [-0.15, -0.1) is 0 Å². The number of nitrogens with one attached hydrogen (secondary N) is 2. The average molecular weight is 529 g/mol. The van der Waals surface area contributed by atoms with Crippen LogP contribution in [-0.4, -0.2) is 61.2 Å². The van der Waals surface area contributed by atoms with Crippen LogP contribution in [-0.2, 0) is 4.79 Å². The van der Waals surface area contributed by atoms with Crippen molar-refractivity contribution in [3.8, 4) is 11.5 Å². The van der Waals surface area contributed by atoms with Crippen molar-refractivity contribution in [3.05, 3.63) is 89.4 Å². The van der Waals surface area contributed by atoms with Crippen molar-refractivity contribution in [3.63, 3.8) is 0 Å². The quantitative estimate of drug-likeness (QED) is 0.342. The average Bonchev–Trinajstić information content (AvgIpc) is 3.43. The lowest BCUT2D eigenvalue weighted by Crippen LogP contribution is -2.40. The number of carbonyl (C=O) groups excluding carboxylic acids is 2. The normalized spacial score (nSPS) is 17.7. The third kappa shape index (κ3) is 7.28. The third-order valence-corrected chi connectivity index (χ3v) is 6.84. The van der Waals surface area contributed by atoms with Gasteiger partial charge in [-0.2, -0.15) is 0 Å². The van der Waals surface area contributed by atoms with E-state index in [2.05, 4.69) is 26.6 Å². The van der Waals surface area contributed by atoms with E-state index in [1.54, 1.807) is 31.0 Å². The minimum Gasteiger partial charge on any atom is -0.457 e. The molecule has 39 heavy (non-hydrogen) atoms. The fourth-order valence-electron chi connectivity index (χ4n) is 4.66. The Bertz CT molecular complexity index is 1290. The Morgan fingerprint density at radius 2 is 1.77 bits per heavy atom. The van der Waals surface area contributed by atoms with E-state index in [-0.39, 0.29) is 18.0 Å². The topological polar surface area (TPSA) is 112 Å². The van der Waals surface area contributed by atoms with Gasteiger partial charge in [0.25, 0.3) is 5.91 Å². The number of nitrogens with zero attached hydrogens (tertiary/aromatic N) is 3. The van der Waals surface area contributed by atoms with E-state index in [0.29, 0.717) is 22.7 Å². The molecule has 4 rings (SSSR count). The number of para-hydroxylation sites is 1. The second-order valence-electron chi connectivity index (χ2n) is 9.66. The van der Waals surface area contributed by atoms with E-state index in [4.69, 9.17) is 10.5 Å². The van der Waals surface area contributed by atoms with Crippen LogP contribution in [0.5, 0.6) is 11.5 Å². The smallest absolute Gasteiger partial charge is 0.323 e. The number of rotatable bonds is 8. The maximum absolute atomic E-state index is 12.9. The summed E-state index contributed by atoms with van der Waals surface area (Å²) in [5.74, 6) is 1.34. The Labute approximate surface area is 229 Å². The Balaban J connectivity index is 1.27. The van der Waals surface area contributed by atoms with Crippen LogP contribution in [0, 0.1) is 0 Å². The van der Waals surface area contributed by atoms with E-state index in [0.717, 1.165) is 43.8 Å². The highest BCUT2D eigenvalue weighted by atomic mass is 16.5. The van der Waals surface area contributed by atoms with Crippen LogP contribution in [0.1, 0.15) is 26.2 Å². The maximum Gasteiger partial charge on any atom is 0.323 e. The summed E-state index contributed by atoms with van der Waals surface area (Å²) in [6.07, 6.45) is 7.95. The molecule has 2 aliphatic rings. The largest absolute Gasteiger partial charge is 0.457 e. The number of ether oxygens (including phenoxy) is 1. The third-order valence-electron chi connectivity index (χ3n) is 6.84. The Morgan fingerprint density at radius 3 is 2.41 bits per heavy atom. The van der Waals surface area contributed by atoms with Gasteiger partial charge in [-0.3, -0.25) is 9.79 Å². The van der Waals surface area contributed by atoms with Gasteiger partial charge in [0.05, 0.1) is 11.6 Å². The molecule has 9 nitrogen and oxygen atoms in total. The van der Waals surface area contributed by atoms with Gasteiger partial charge in [-0.1, -0.05) is 18.2 Å². The number of likely N-dealkylation sites (N-methyl/N-ethyl adjacent to an activating group) is 1. The number of nitrogens with two attached hydrogens (primary N) is 1. The van der Waals surface area contributed by atoms with Crippen LogP contribution < -0.4 is 21.1 Å². The number of hydrogen-bond acceptors (Lipinski definition) is 6. The molecule has 0 aromatic heterocycles. The first-order chi connectivity index (χ1) is 18.8. The number of aliphatic imine (C=N–C) groups is 1. The summed E-state index contributed by atoms with van der Waals surface area (Å²) in [7, 11) is 3.45. The monoisotopic (exact) mass is 528 g/mol. The van der Waals surface area contributed by atoms with Crippen molar-refractivity contribution in [1.82, 2.24) is 15.1 Å². The molecule has 1 saturated heterocycles. The molecule has 9 heteroatoms. The van der Waals surface area contributed by atoms with Crippen molar-refractivity contribution in [2.75, 3.05) is 32.5 Å². The van der Waals surface area contributed by atoms with Crippen LogP contribution in [0.2, 0.25) is 0 Å². The Morgan fingerprint density at radius 1 is 1.05 bits per heavy atom. The molecular formula is C30H36N6O3. The summed E-state index contributed by atoms with van der Waals surface area (Å²) in [5, 5.41) is 5.81. The number of hydrogen-bond donors (Lipinski definition) is 3. The number of carbonyl (C=O) groups is 2. The predicted molar refractivity (Wildman–Crippen MR) is 155 cm³/mol. The summed E-state index contributed by atoms with van der Waals surface area (Å²) in [6.45, 7) is 3.35. The van der Waals surface area contributed by atoms with Crippen LogP contribution in [0.3, 0.4) is 0 Å². The number of urea groups is 1. The van der Waals surface area contributed by atoms with Gasteiger partial charge in [-0.05, 0) is 74.7 Å². The number of likely N-dealkylation sites (tertiary alicyclic amines) is 1. The SMILES string of the molecule is CN=CC(C(=O)N(C)C1CCN(C2=CC=C(NC(=O)Nc3ccc(Oc4ccccc4)cc3)CC2)C1)=C(C)N. The summed E-state index contributed by atoms with van der Waals surface area (Å²) in [4.78, 5) is 33.5. The highest BCUT2D eigenvalue weighted by Crippen LogP contribution is 2.27. The molecule has 1 heterocycles. The molecule has 1 aliphatic heterocycles. The molecule has 1 unspecified atom stereocenters. The van der Waals surface area contributed by atoms with Crippen molar-refractivity contribution in [2.45, 2.75) is 32.2 Å². The second kappa shape index (κ2) is 12.8. The molecule has 3 amide bonds. The number of anilines is 1. The number of amides is 3. The number of allylic oxidation sites excluding steroid dienone is 5. The van der Waals surface area contributed by atoms with Gasteiger partial charge in [0, 0.05) is 56.2 Å². The van der Waals surface area contributed by atoms with Crippen LogP contribution >= 0.6 is 0 Å². The fraction of sp³-hybridized carbons (Fsp3) is 0.300. The lowest BCUT2D eigenvalue weighted by molar-refractivity contribution is -0.127. The molecule has 0 spiro atoms. The van der Waals surface area contributed by atoms with Gasteiger partial charge in [-0.25, -0.2) is 4.79 Å². The maximum atomic E-state index is 12.9. The highest BCUT2D eigenvalue weighted by molar-refractivity contribution is 6.12. The van der Waals surface area contributed by atoms with E-state index < -0.39 is 0 Å². The zero-order valence-corrected chi connectivity index (χ0v) is 22.7. The van der Waals surface area contributed by atoms with Crippen molar-refractivity contribution < 1.29 is 14.3 Å². The van der Waals surface area contributed by atoms with Gasteiger partial charge >= 0.3 is 6.03 Å². The van der Waals surface area contributed by atoms with E-state index in [1.165, 1.54) is 11.9 Å². The van der Waals surface area contributed by atoms with Crippen molar-refractivity contribution in [1.29, 1.82) is 0 Å². The van der Waals surface area contributed by atoms with Gasteiger partial charge in [0.15, 0.2) is 0 Å². The minimum atomic E-state index is -0.286. The predicted octanol–water partition coefficient (Wildman–Crippen LogP) is 4.63. The van der Waals surface area contributed by atoms with Crippen molar-refractivity contribution >= 4 is 23.8 Å². The standard InChI is InChI=1S/C30H36N6O3/c1-21(31)28(19-32-2)29(37)35(3)25-17-18-36(20-25)24-13-9-22(10-14-24)33-30(38)34-23-11-15-27(16-12-23)39-26-7-5-4-6-8-26/h4-9,11-13,15-16,19,25H,10,14,17-18,20,31H2,1-3H3,(H2,33,34,38). The summed E-state index contributed by atoms with van der Waals surface area (Å²) in [6, 6.07) is 16.6. The van der Waals surface area contributed by atoms with E-state index in [1.807, 2.05) is 55.6 Å². The number of benzene rings is 2. The fourth-order valence-corrected chi connectivity index (χ4v) is 4.66. The van der Waals surface area contributed by atoms with Crippen LogP contribution in [0.25, 0.3) is 0 Å². The summed E-state index contributed by atoms with van der Waals surface area (Å²) >= 11 is 0. The molecule has 2 aromatic carbocycles. The highest BCUT2D eigenvalue weighted by Gasteiger charge is 2.31. The van der Waals surface area contributed by atoms with Crippen molar-refractivity contribution in [2.24, 2.45) is 10.7 Å². The molecule has 1 fully saturated rings. The van der Waals surface area contributed by atoms with Gasteiger partial charge in [0.1, 0.15) is 11.5 Å². The molecule has 0 bridgehead atoms. The lowest BCUT2D eigenvalue weighted by atomic mass is 10.1. The molecule has 0 radical (unpaired) electrons. The Kier molecular flexibility index (Phi) is 9.04. The first-order valence-electron chi connectivity index (χ1n) is 13.1. The first kappa shape index (κ1) is 27.5. The second-order valence-corrected chi connectivity index (χ2v) is 9.66. The zero-order chi connectivity index (χ0) is 27.8. The minimum absolute atomic E-state index is 0.0942.